The molecule has 1 unspecified atom stereocenters. The second-order valence-electron chi connectivity index (χ2n) is 8.16. The van der Waals surface area contributed by atoms with Crippen LogP contribution in [0.3, 0.4) is 0 Å². The second-order valence-corrected chi connectivity index (χ2v) is 9.88. The molecule has 0 radical (unpaired) electrons. The summed E-state index contributed by atoms with van der Waals surface area (Å²) in [5.74, 6) is 0.973. The standard InChI is InChI=1S/C23H26N4O4S/c1-15-10-12-20(13-11-15)32(29,30)27-16(2)22(28)24-19-9-5-8-18(14-19)21-25-23(31-26-21)17-6-3-4-7-17/h5,8-14,16-17,27H,3-4,6-7H2,1-2H3,(H,24,28). The molecule has 1 atom stereocenters. The lowest BCUT2D eigenvalue weighted by molar-refractivity contribution is -0.117. The molecule has 4 rings (SSSR count). The van der Waals surface area contributed by atoms with Crippen molar-refractivity contribution in [2.24, 2.45) is 0 Å². The van der Waals surface area contributed by atoms with Crippen LogP contribution in [0.5, 0.6) is 0 Å². The maximum atomic E-state index is 12.6. The van der Waals surface area contributed by atoms with E-state index in [0.717, 1.165) is 18.4 Å². The first-order chi connectivity index (χ1) is 15.3. The molecule has 32 heavy (non-hydrogen) atoms. The smallest absolute Gasteiger partial charge is 0.242 e. The van der Waals surface area contributed by atoms with Crippen LogP contribution in [-0.2, 0) is 14.8 Å². The number of nitrogens with zero attached hydrogens (tertiary/aromatic N) is 2. The van der Waals surface area contributed by atoms with Crippen LogP contribution in [0, 0.1) is 6.92 Å². The number of amides is 1. The first-order valence-electron chi connectivity index (χ1n) is 10.7. The quantitative estimate of drug-likeness (QED) is 0.558. The minimum Gasteiger partial charge on any atom is -0.339 e. The molecule has 2 N–H and O–H groups in total. The molecule has 9 heteroatoms. The van der Waals surface area contributed by atoms with Gasteiger partial charge in [-0.25, -0.2) is 8.42 Å². The van der Waals surface area contributed by atoms with Crippen molar-refractivity contribution in [2.75, 3.05) is 5.32 Å². The van der Waals surface area contributed by atoms with Crippen molar-refractivity contribution >= 4 is 21.6 Å². The third-order valence-electron chi connectivity index (χ3n) is 5.59. The highest BCUT2D eigenvalue weighted by molar-refractivity contribution is 7.89. The molecular formula is C23H26N4O4S. The van der Waals surface area contributed by atoms with E-state index in [1.54, 1.807) is 30.3 Å². The number of benzene rings is 2. The van der Waals surface area contributed by atoms with Crippen LogP contribution in [0.2, 0.25) is 0 Å². The molecule has 1 aliphatic carbocycles. The third-order valence-corrected chi connectivity index (χ3v) is 7.15. The van der Waals surface area contributed by atoms with Gasteiger partial charge in [-0.1, -0.05) is 47.8 Å². The SMILES string of the molecule is Cc1ccc(S(=O)(=O)NC(C)C(=O)Nc2cccc(-c3noc(C4CCCC4)n3)c2)cc1. The topological polar surface area (TPSA) is 114 Å². The molecule has 1 heterocycles. The minimum absolute atomic E-state index is 0.111. The normalized spacial score (nSPS) is 15.6. The van der Waals surface area contributed by atoms with Gasteiger partial charge in [0.1, 0.15) is 0 Å². The number of anilines is 1. The summed E-state index contributed by atoms with van der Waals surface area (Å²) in [7, 11) is -3.81. The number of aromatic nitrogens is 2. The molecule has 8 nitrogen and oxygen atoms in total. The number of rotatable bonds is 7. The summed E-state index contributed by atoms with van der Waals surface area (Å²) < 4.78 is 32.9. The summed E-state index contributed by atoms with van der Waals surface area (Å²) in [4.78, 5) is 17.2. The molecule has 1 aromatic heterocycles. The Kier molecular flexibility index (Phi) is 6.38. The van der Waals surface area contributed by atoms with Gasteiger partial charge in [-0.15, -0.1) is 0 Å². The fourth-order valence-electron chi connectivity index (χ4n) is 3.75. The highest BCUT2D eigenvalue weighted by Crippen LogP contribution is 2.34. The molecule has 1 amide bonds. The van der Waals surface area contributed by atoms with Crippen LogP contribution in [-0.4, -0.2) is 30.5 Å². The maximum Gasteiger partial charge on any atom is 0.242 e. The van der Waals surface area contributed by atoms with Crippen molar-refractivity contribution < 1.29 is 17.7 Å². The summed E-state index contributed by atoms with van der Waals surface area (Å²) in [6.07, 6.45) is 4.48. The van der Waals surface area contributed by atoms with E-state index >= 15 is 0 Å². The van der Waals surface area contributed by atoms with Crippen molar-refractivity contribution in [3.63, 3.8) is 0 Å². The fraction of sp³-hybridized carbons (Fsp3) is 0.348. The fourth-order valence-corrected chi connectivity index (χ4v) is 4.95. The van der Waals surface area contributed by atoms with Gasteiger partial charge in [0.15, 0.2) is 0 Å². The zero-order valence-corrected chi connectivity index (χ0v) is 18.9. The lowest BCUT2D eigenvalue weighted by Crippen LogP contribution is -2.41. The average molecular weight is 455 g/mol. The van der Waals surface area contributed by atoms with Gasteiger partial charge >= 0.3 is 0 Å². The van der Waals surface area contributed by atoms with Crippen LogP contribution in [0.25, 0.3) is 11.4 Å². The van der Waals surface area contributed by atoms with E-state index in [1.165, 1.54) is 31.9 Å². The van der Waals surface area contributed by atoms with Gasteiger partial charge in [-0.2, -0.15) is 9.71 Å². The van der Waals surface area contributed by atoms with Crippen LogP contribution >= 0.6 is 0 Å². The molecule has 0 saturated heterocycles. The molecule has 1 aliphatic rings. The third kappa shape index (κ3) is 5.05. The van der Waals surface area contributed by atoms with Crippen LogP contribution in [0.15, 0.2) is 57.9 Å². The molecule has 168 valence electrons. The zero-order valence-electron chi connectivity index (χ0n) is 18.0. The van der Waals surface area contributed by atoms with Gasteiger partial charge in [0, 0.05) is 17.2 Å². The number of hydrogen-bond acceptors (Lipinski definition) is 6. The van der Waals surface area contributed by atoms with Gasteiger partial charge in [0.05, 0.1) is 10.9 Å². The van der Waals surface area contributed by atoms with E-state index in [2.05, 4.69) is 20.2 Å². The number of carbonyl (C=O) groups is 1. The highest BCUT2D eigenvalue weighted by atomic mass is 32.2. The van der Waals surface area contributed by atoms with E-state index in [-0.39, 0.29) is 4.90 Å². The van der Waals surface area contributed by atoms with E-state index < -0.39 is 22.0 Å². The number of hydrogen-bond donors (Lipinski definition) is 2. The summed E-state index contributed by atoms with van der Waals surface area (Å²) in [6, 6.07) is 12.5. The summed E-state index contributed by atoms with van der Waals surface area (Å²) in [5, 5.41) is 6.83. The Balaban J connectivity index is 1.42. The number of nitrogens with one attached hydrogen (secondary N) is 2. The predicted molar refractivity (Wildman–Crippen MR) is 121 cm³/mol. The van der Waals surface area contributed by atoms with Gasteiger partial charge < -0.3 is 9.84 Å². The molecule has 2 aromatic carbocycles. The van der Waals surface area contributed by atoms with Crippen LogP contribution < -0.4 is 10.0 Å². The van der Waals surface area contributed by atoms with E-state index in [4.69, 9.17) is 4.52 Å². The van der Waals surface area contributed by atoms with E-state index in [9.17, 15) is 13.2 Å². The Labute approximate surface area is 187 Å². The van der Waals surface area contributed by atoms with E-state index in [0.29, 0.717) is 28.9 Å². The minimum atomic E-state index is -3.81. The predicted octanol–water partition coefficient (Wildman–Crippen LogP) is 4.01. The molecule has 0 aliphatic heterocycles. The molecule has 3 aromatic rings. The molecule has 0 spiro atoms. The zero-order chi connectivity index (χ0) is 22.7. The molecule has 1 fully saturated rings. The van der Waals surface area contributed by atoms with Crippen molar-refractivity contribution in [1.82, 2.24) is 14.9 Å². The van der Waals surface area contributed by atoms with Crippen molar-refractivity contribution in [3.05, 3.63) is 60.0 Å². The summed E-state index contributed by atoms with van der Waals surface area (Å²) in [5.41, 5.74) is 2.18. The molecular weight excluding hydrogens is 428 g/mol. The lowest BCUT2D eigenvalue weighted by atomic mass is 10.1. The number of carbonyl (C=O) groups excluding carboxylic acids is 1. The Bertz CT molecular complexity index is 1200. The van der Waals surface area contributed by atoms with Crippen molar-refractivity contribution in [2.45, 2.75) is 56.4 Å². The van der Waals surface area contributed by atoms with Gasteiger partial charge in [-0.05, 0) is 51.0 Å². The molecule has 1 saturated carbocycles. The number of sulfonamides is 1. The van der Waals surface area contributed by atoms with Crippen molar-refractivity contribution in [3.8, 4) is 11.4 Å². The van der Waals surface area contributed by atoms with Gasteiger partial charge in [0.2, 0.25) is 27.6 Å². The first kappa shape index (κ1) is 22.2. The Morgan fingerprint density at radius 1 is 1.12 bits per heavy atom. The Hall–Kier alpha value is -3.04. The Morgan fingerprint density at radius 2 is 1.84 bits per heavy atom. The second kappa shape index (κ2) is 9.22. The largest absolute Gasteiger partial charge is 0.339 e. The van der Waals surface area contributed by atoms with E-state index in [1.807, 2.05) is 13.0 Å². The highest BCUT2D eigenvalue weighted by Gasteiger charge is 2.24. The Morgan fingerprint density at radius 3 is 2.56 bits per heavy atom. The molecule has 0 bridgehead atoms. The average Bonchev–Trinajstić information content (AvgIpc) is 3.46. The lowest BCUT2D eigenvalue weighted by Gasteiger charge is -2.15. The summed E-state index contributed by atoms with van der Waals surface area (Å²) >= 11 is 0. The van der Waals surface area contributed by atoms with Gasteiger partial charge in [0.25, 0.3) is 0 Å². The monoisotopic (exact) mass is 454 g/mol. The maximum absolute atomic E-state index is 12.6. The first-order valence-corrected chi connectivity index (χ1v) is 12.1. The van der Waals surface area contributed by atoms with Gasteiger partial charge in [-0.3, -0.25) is 4.79 Å². The van der Waals surface area contributed by atoms with Crippen LogP contribution in [0.4, 0.5) is 5.69 Å². The summed E-state index contributed by atoms with van der Waals surface area (Å²) in [6.45, 7) is 3.37. The van der Waals surface area contributed by atoms with Crippen molar-refractivity contribution in [1.29, 1.82) is 0 Å². The van der Waals surface area contributed by atoms with Crippen LogP contribution in [0.1, 0.15) is 50.0 Å². The number of aryl methyl sites for hydroxylation is 1.